The minimum atomic E-state index is 0.151. The Kier molecular flexibility index (Phi) is 5.65. The first-order chi connectivity index (χ1) is 9.99. The van der Waals surface area contributed by atoms with Crippen molar-refractivity contribution in [1.82, 2.24) is 4.98 Å². The average Bonchev–Trinajstić information content (AvgIpc) is 2.91. The van der Waals surface area contributed by atoms with Crippen LogP contribution in [0.3, 0.4) is 0 Å². The lowest BCUT2D eigenvalue weighted by molar-refractivity contribution is 0.310. The molecule has 0 aliphatic carbocycles. The highest BCUT2D eigenvalue weighted by atomic mass is 35.5. The van der Waals surface area contributed by atoms with Gasteiger partial charge in [-0.2, -0.15) is 0 Å². The first-order valence-electron chi connectivity index (χ1n) is 7.21. The predicted molar refractivity (Wildman–Crippen MR) is 90.6 cm³/mol. The van der Waals surface area contributed by atoms with Crippen LogP contribution in [-0.4, -0.2) is 11.6 Å². The number of thiazole rings is 1. The molecule has 21 heavy (non-hydrogen) atoms. The molecule has 0 N–H and O–H groups in total. The van der Waals surface area contributed by atoms with Crippen LogP contribution in [0.5, 0.6) is 5.75 Å². The van der Waals surface area contributed by atoms with Crippen molar-refractivity contribution >= 4 is 22.9 Å². The van der Waals surface area contributed by atoms with Gasteiger partial charge >= 0.3 is 0 Å². The second kappa shape index (κ2) is 7.28. The molecule has 2 aromatic rings. The maximum atomic E-state index is 5.85. The van der Waals surface area contributed by atoms with Crippen molar-refractivity contribution in [2.75, 3.05) is 6.61 Å². The molecular formula is C17H22ClNOS. The SMILES string of the molecule is CC(C)(C)c1cccc(OCCCc2nc(CCl)cs2)c1. The number of aromatic nitrogens is 1. The van der Waals surface area contributed by atoms with E-state index < -0.39 is 0 Å². The molecule has 1 aromatic heterocycles. The lowest BCUT2D eigenvalue weighted by atomic mass is 9.87. The standard InChI is InChI=1S/C17H22ClNOS/c1-17(2,3)13-6-4-7-15(10-13)20-9-5-8-16-19-14(11-18)12-21-16/h4,6-7,10,12H,5,8-9,11H2,1-3H3. The van der Waals surface area contributed by atoms with Gasteiger partial charge in [-0.3, -0.25) is 0 Å². The number of hydrogen-bond acceptors (Lipinski definition) is 3. The van der Waals surface area contributed by atoms with E-state index in [-0.39, 0.29) is 5.41 Å². The number of benzene rings is 1. The van der Waals surface area contributed by atoms with Gasteiger partial charge in [0, 0.05) is 11.8 Å². The molecule has 0 fully saturated rings. The monoisotopic (exact) mass is 323 g/mol. The van der Waals surface area contributed by atoms with Crippen LogP contribution in [0.2, 0.25) is 0 Å². The second-order valence-corrected chi connectivity index (χ2v) is 7.31. The van der Waals surface area contributed by atoms with Gasteiger partial charge in [0.2, 0.25) is 0 Å². The molecule has 0 saturated carbocycles. The Morgan fingerprint density at radius 1 is 1.29 bits per heavy atom. The molecule has 0 aliphatic heterocycles. The Hall–Kier alpha value is -1.06. The molecule has 0 saturated heterocycles. The zero-order valence-corrected chi connectivity index (χ0v) is 14.4. The largest absolute Gasteiger partial charge is 0.494 e. The molecule has 0 unspecified atom stereocenters. The number of rotatable bonds is 6. The number of nitrogens with zero attached hydrogens (tertiary/aromatic N) is 1. The minimum absolute atomic E-state index is 0.151. The van der Waals surface area contributed by atoms with E-state index >= 15 is 0 Å². The number of aryl methyl sites for hydroxylation is 1. The van der Waals surface area contributed by atoms with Gasteiger partial charge in [0.05, 0.1) is 23.2 Å². The summed E-state index contributed by atoms with van der Waals surface area (Å²) >= 11 is 7.43. The first kappa shape index (κ1) is 16.3. The summed E-state index contributed by atoms with van der Waals surface area (Å²) in [6.45, 7) is 7.35. The van der Waals surface area contributed by atoms with E-state index in [0.717, 1.165) is 29.3 Å². The van der Waals surface area contributed by atoms with Crippen LogP contribution in [0.4, 0.5) is 0 Å². The first-order valence-corrected chi connectivity index (χ1v) is 8.63. The Labute approximate surface area is 136 Å². The fourth-order valence-corrected chi connectivity index (χ4v) is 3.06. The summed E-state index contributed by atoms with van der Waals surface area (Å²) in [5, 5.41) is 3.16. The van der Waals surface area contributed by atoms with Gasteiger partial charge in [-0.15, -0.1) is 22.9 Å². The lowest BCUT2D eigenvalue weighted by Gasteiger charge is -2.19. The van der Waals surface area contributed by atoms with E-state index in [1.165, 1.54) is 5.56 Å². The Morgan fingerprint density at radius 2 is 2.10 bits per heavy atom. The van der Waals surface area contributed by atoms with Crippen molar-refractivity contribution in [3.05, 3.63) is 45.9 Å². The summed E-state index contributed by atoms with van der Waals surface area (Å²) in [6, 6.07) is 8.36. The molecule has 1 aromatic carbocycles. The third-order valence-corrected chi connectivity index (χ3v) is 4.47. The molecule has 0 aliphatic rings. The van der Waals surface area contributed by atoms with Crippen LogP contribution < -0.4 is 4.74 Å². The summed E-state index contributed by atoms with van der Waals surface area (Å²) in [5.41, 5.74) is 2.42. The molecule has 114 valence electrons. The van der Waals surface area contributed by atoms with E-state index in [4.69, 9.17) is 16.3 Å². The normalized spacial score (nSPS) is 11.6. The van der Waals surface area contributed by atoms with Crippen molar-refractivity contribution < 1.29 is 4.74 Å². The quantitative estimate of drug-likeness (QED) is 0.539. The molecule has 0 spiro atoms. The van der Waals surface area contributed by atoms with Crippen molar-refractivity contribution in [2.45, 2.75) is 44.9 Å². The van der Waals surface area contributed by atoms with Gasteiger partial charge < -0.3 is 4.74 Å². The maximum Gasteiger partial charge on any atom is 0.119 e. The highest BCUT2D eigenvalue weighted by Gasteiger charge is 2.13. The summed E-state index contributed by atoms with van der Waals surface area (Å²) in [4.78, 5) is 4.45. The Morgan fingerprint density at radius 3 is 2.76 bits per heavy atom. The zero-order chi connectivity index (χ0) is 15.3. The van der Waals surface area contributed by atoms with Gasteiger partial charge in [-0.1, -0.05) is 32.9 Å². The van der Waals surface area contributed by atoms with Crippen molar-refractivity contribution in [3.8, 4) is 5.75 Å². The summed E-state index contributed by atoms with van der Waals surface area (Å²) in [6.07, 6.45) is 1.91. The van der Waals surface area contributed by atoms with E-state index in [2.05, 4.69) is 44.0 Å². The Balaban J connectivity index is 1.81. The topological polar surface area (TPSA) is 22.1 Å². The van der Waals surface area contributed by atoms with Crippen molar-refractivity contribution in [3.63, 3.8) is 0 Å². The third-order valence-electron chi connectivity index (χ3n) is 3.24. The zero-order valence-electron chi connectivity index (χ0n) is 12.9. The van der Waals surface area contributed by atoms with Crippen LogP contribution in [0.15, 0.2) is 29.6 Å². The fraction of sp³-hybridized carbons (Fsp3) is 0.471. The van der Waals surface area contributed by atoms with Crippen molar-refractivity contribution in [2.24, 2.45) is 0 Å². The molecule has 0 atom stereocenters. The number of hydrogen-bond donors (Lipinski definition) is 0. The Bertz CT molecular complexity index is 574. The van der Waals surface area contributed by atoms with Crippen molar-refractivity contribution in [1.29, 1.82) is 0 Å². The highest BCUT2D eigenvalue weighted by Crippen LogP contribution is 2.25. The van der Waals surface area contributed by atoms with Crippen LogP contribution in [0.25, 0.3) is 0 Å². The predicted octanol–water partition coefficient (Wildman–Crippen LogP) is 5.19. The molecule has 2 nitrogen and oxygen atoms in total. The van der Waals surface area contributed by atoms with Gasteiger partial charge in [-0.05, 0) is 29.5 Å². The lowest BCUT2D eigenvalue weighted by Crippen LogP contribution is -2.11. The molecule has 1 heterocycles. The summed E-state index contributed by atoms with van der Waals surface area (Å²) in [7, 11) is 0. The maximum absolute atomic E-state index is 5.85. The number of alkyl halides is 1. The second-order valence-electron chi connectivity index (χ2n) is 6.10. The van der Waals surface area contributed by atoms with Gasteiger partial charge in [-0.25, -0.2) is 4.98 Å². The van der Waals surface area contributed by atoms with E-state index in [9.17, 15) is 0 Å². The van der Waals surface area contributed by atoms with Gasteiger partial charge in [0.15, 0.2) is 0 Å². The number of halogens is 1. The van der Waals surface area contributed by atoms with Crippen LogP contribution in [-0.2, 0) is 17.7 Å². The average molecular weight is 324 g/mol. The van der Waals surface area contributed by atoms with E-state index in [0.29, 0.717) is 12.5 Å². The summed E-state index contributed by atoms with van der Waals surface area (Å²) in [5.74, 6) is 1.44. The van der Waals surface area contributed by atoms with Crippen LogP contribution in [0, 0.1) is 0 Å². The molecule has 2 rings (SSSR count). The van der Waals surface area contributed by atoms with Gasteiger partial charge in [0.1, 0.15) is 5.75 Å². The number of ether oxygens (including phenoxy) is 1. The molecule has 0 bridgehead atoms. The minimum Gasteiger partial charge on any atom is -0.494 e. The summed E-state index contributed by atoms with van der Waals surface area (Å²) < 4.78 is 5.85. The van der Waals surface area contributed by atoms with Crippen LogP contribution >= 0.6 is 22.9 Å². The van der Waals surface area contributed by atoms with Gasteiger partial charge in [0.25, 0.3) is 0 Å². The highest BCUT2D eigenvalue weighted by molar-refractivity contribution is 7.09. The molecule has 4 heteroatoms. The van der Waals surface area contributed by atoms with E-state index in [1.54, 1.807) is 11.3 Å². The molecule has 0 amide bonds. The fourth-order valence-electron chi connectivity index (χ4n) is 1.99. The smallest absolute Gasteiger partial charge is 0.119 e. The van der Waals surface area contributed by atoms with E-state index in [1.807, 2.05) is 11.4 Å². The molecular weight excluding hydrogens is 302 g/mol. The third kappa shape index (κ3) is 5.01. The van der Waals surface area contributed by atoms with Crippen LogP contribution in [0.1, 0.15) is 43.5 Å². The molecule has 0 radical (unpaired) electrons.